The first-order valence-corrected chi connectivity index (χ1v) is 10.9. The number of benzene rings is 1. The molecule has 0 aliphatic carbocycles. The van der Waals surface area contributed by atoms with Crippen molar-refractivity contribution in [1.82, 2.24) is 0 Å². The molecule has 0 heterocycles. The molecular weight excluding hydrogens is 439 g/mol. The van der Waals surface area contributed by atoms with Crippen molar-refractivity contribution in [3.05, 3.63) is 27.8 Å². The molecule has 0 fully saturated rings. The first kappa shape index (κ1) is 19.8. The molecule has 7 nitrogen and oxygen atoms in total. The standard InChI is InChI=1S/C14H19IO7S/c1-10(2)9-20-23(18,19)14-7-5-13(6-8-14)15(21-11(3)16)22-12(4)17/h5-8,10H,9H2,1-4H3. The summed E-state index contributed by atoms with van der Waals surface area (Å²) in [4.78, 5) is 22.2. The molecule has 23 heavy (non-hydrogen) atoms. The fourth-order valence-electron chi connectivity index (χ4n) is 1.30. The van der Waals surface area contributed by atoms with Crippen molar-refractivity contribution in [3.63, 3.8) is 0 Å². The van der Waals surface area contributed by atoms with Gasteiger partial charge in [-0.3, -0.25) is 0 Å². The van der Waals surface area contributed by atoms with Gasteiger partial charge in [-0.1, -0.05) is 0 Å². The Hall–Kier alpha value is -1.20. The fraction of sp³-hybridized carbons (Fsp3) is 0.429. The van der Waals surface area contributed by atoms with E-state index in [1.807, 2.05) is 13.8 Å². The topological polar surface area (TPSA) is 96.0 Å². The van der Waals surface area contributed by atoms with Gasteiger partial charge in [-0.2, -0.15) is 0 Å². The zero-order valence-corrected chi connectivity index (χ0v) is 16.2. The Bertz CT molecular complexity index is 636. The molecule has 0 aliphatic heterocycles. The summed E-state index contributed by atoms with van der Waals surface area (Å²) in [7, 11) is -3.84. The Balaban J connectivity index is 2.96. The predicted molar refractivity (Wildman–Crippen MR) is 90.7 cm³/mol. The molecule has 0 aromatic heterocycles. The average Bonchev–Trinajstić information content (AvgIpc) is 2.44. The van der Waals surface area contributed by atoms with Crippen LogP contribution < -0.4 is 0 Å². The van der Waals surface area contributed by atoms with Crippen molar-refractivity contribution in [3.8, 4) is 0 Å². The van der Waals surface area contributed by atoms with Gasteiger partial charge in [-0.15, -0.1) is 0 Å². The quantitative estimate of drug-likeness (QED) is 0.458. The van der Waals surface area contributed by atoms with Gasteiger partial charge < -0.3 is 0 Å². The molecule has 0 N–H and O–H groups in total. The van der Waals surface area contributed by atoms with Gasteiger partial charge in [0.1, 0.15) is 0 Å². The van der Waals surface area contributed by atoms with Crippen molar-refractivity contribution in [2.75, 3.05) is 6.61 Å². The van der Waals surface area contributed by atoms with Gasteiger partial charge in [0.25, 0.3) is 0 Å². The molecule has 0 saturated carbocycles. The first-order valence-electron chi connectivity index (χ1n) is 6.69. The number of carbonyl (C=O) groups excluding carboxylic acids is 2. The predicted octanol–water partition coefficient (Wildman–Crippen LogP) is 2.68. The average molecular weight is 458 g/mol. The van der Waals surface area contributed by atoms with E-state index in [9.17, 15) is 18.0 Å². The number of carbonyl (C=O) groups is 2. The van der Waals surface area contributed by atoms with Crippen LogP contribution in [0.3, 0.4) is 0 Å². The third-order valence-electron chi connectivity index (χ3n) is 2.19. The van der Waals surface area contributed by atoms with Crippen molar-refractivity contribution in [2.45, 2.75) is 32.6 Å². The van der Waals surface area contributed by atoms with Gasteiger partial charge in [0.2, 0.25) is 0 Å². The SMILES string of the molecule is CC(=O)OI(OC(C)=O)c1ccc(S(=O)(=O)OCC(C)C)cc1. The molecule has 0 aliphatic rings. The van der Waals surface area contributed by atoms with Crippen LogP contribution in [0.4, 0.5) is 0 Å². The molecule has 0 radical (unpaired) electrons. The van der Waals surface area contributed by atoms with Crippen molar-refractivity contribution < 1.29 is 28.3 Å². The Kier molecular flexibility index (Phi) is 7.42. The molecule has 0 atom stereocenters. The van der Waals surface area contributed by atoms with E-state index in [1.54, 1.807) is 0 Å². The molecule has 1 rings (SSSR count). The fourth-order valence-corrected chi connectivity index (χ4v) is 5.03. The minimum atomic E-state index is -3.84. The van der Waals surface area contributed by atoms with E-state index >= 15 is 0 Å². The molecule has 0 spiro atoms. The summed E-state index contributed by atoms with van der Waals surface area (Å²) in [5, 5.41) is 0. The second kappa shape index (κ2) is 8.60. The van der Waals surface area contributed by atoms with Crippen LogP contribution in [0, 0.1) is 9.49 Å². The van der Waals surface area contributed by atoms with Crippen LogP contribution in [0.2, 0.25) is 0 Å². The zero-order valence-electron chi connectivity index (χ0n) is 13.2. The summed E-state index contributed by atoms with van der Waals surface area (Å²) >= 11 is -2.94. The van der Waals surface area contributed by atoms with E-state index in [-0.39, 0.29) is 17.4 Å². The van der Waals surface area contributed by atoms with E-state index < -0.39 is 42.7 Å². The number of hydrogen-bond donors (Lipinski definition) is 0. The zero-order chi connectivity index (χ0) is 17.6. The Labute approximate surface area is 143 Å². The molecule has 1 aromatic carbocycles. The van der Waals surface area contributed by atoms with Crippen LogP contribution in [0.25, 0.3) is 0 Å². The van der Waals surface area contributed by atoms with Crippen LogP contribution in [0.5, 0.6) is 0 Å². The summed E-state index contributed by atoms with van der Waals surface area (Å²) in [6.45, 7) is 6.20. The van der Waals surface area contributed by atoms with Gasteiger partial charge in [0.05, 0.1) is 0 Å². The van der Waals surface area contributed by atoms with E-state index in [1.165, 1.54) is 38.1 Å². The molecule has 130 valence electrons. The van der Waals surface area contributed by atoms with Gasteiger partial charge >= 0.3 is 144 Å². The van der Waals surface area contributed by atoms with Crippen molar-refractivity contribution in [1.29, 1.82) is 0 Å². The Morgan fingerprint density at radius 1 is 1.04 bits per heavy atom. The Morgan fingerprint density at radius 2 is 1.52 bits per heavy atom. The van der Waals surface area contributed by atoms with Gasteiger partial charge in [-0.05, 0) is 0 Å². The van der Waals surface area contributed by atoms with Crippen LogP contribution in [0.1, 0.15) is 27.7 Å². The third kappa shape index (κ3) is 6.83. The normalized spacial score (nSPS) is 12.0. The van der Waals surface area contributed by atoms with E-state index in [4.69, 9.17) is 10.3 Å². The van der Waals surface area contributed by atoms with Crippen molar-refractivity contribution >= 4 is 42.7 Å². The summed E-state index contributed by atoms with van der Waals surface area (Å²) in [5.74, 6) is -1.04. The van der Waals surface area contributed by atoms with Gasteiger partial charge in [-0.25, -0.2) is 0 Å². The molecule has 0 unspecified atom stereocenters. The second-order valence-corrected chi connectivity index (χ2v) is 9.92. The third-order valence-corrected chi connectivity index (χ3v) is 7.27. The molecular formula is C14H19IO7S. The minimum absolute atomic E-state index is 0.0108. The van der Waals surface area contributed by atoms with Crippen LogP contribution >= 0.6 is 20.6 Å². The Morgan fingerprint density at radius 3 is 1.91 bits per heavy atom. The molecule has 0 bridgehead atoms. The van der Waals surface area contributed by atoms with Crippen LogP contribution in [0.15, 0.2) is 29.2 Å². The number of rotatable bonds is 7. The molecule has 0 amide bonds. The summed E-state index contributed by atoms with van der Waals surface area (Å²) in [6.07, 6.45) is 0. The monoisotopic (exact) mass is 458 g/mol. The van der Waals surface area contributed by atoms with Crippen LogP contribution in [-0.4, -0.2) is 27.0 Å². The van der Waals surface area contributed by atoms with Gasteiger partial charge in [0.15, 0.2) is 0 Å². The summed E-state index contributed by atoms with van der Waals surface area (Å²) in [5.41, 5.74) is 0. The van der Waals surface area contributed by atoms with Crippen LogP contribution in [-0.2, 0) is 30.0 Å². The molecule has 1 aromatic rings. The first-order chi connectivity index (χ1) is 10.6. The van der Waals surface area contributed by atoms with Gasteiger partial charge in [0, 0.05) is 0 Å². The molecule has 0 saturated heterocycles. The number of hydrogen-bond acceptors (Lipinski definition) is 7. The van der Waals surface area contributed by atoms with E-state index in [0.29, 0.717) is 3.57 Å². The summed E-state index contributed by atoms with van der Waals surface area (Å²) in [6, 6.07) is 5.59. The maximum absolute atomic E-state index is 12.0. The van der Waals surface area contributed by atoms with Crippen molar-refractivity contribution in [2.24, 2.45) is 5.92 Å². The second-order valence-electron chi connectivity index (χ2n) is 4.94. The van der Waals surface area contributed by atoms with E-state index in [2.05, 4.69) is 0 Å². The maximum atomic E-state index is 12.0. The number of halogens is 1. The summed E-state index contributed by atoms with van der Waals surface area (Å²) < 4.78 is 39.5. The van der Waals surface area contributed by atoms with E-state index in [0.717, 1.165) is 0 Å². The molecule has 9 heteroatoms.